The molecule has 4 aromatic rings. The molecule has 4 rings (SSSR count). The highest BCUT2D eigenvalue weighted by Gasteiger charge is 2.07. The highest BCUT2D eigenvalue weighted by atomic mass is 15.1. The van der Waals surface area contributed by atoms with Gasteiger partial charge < -0.3 is 0 Å². The maximum Gasteiger partial charge on any atom is 0.100 e. The molecule has 20 heavy (non-hydrogen) atoms. The van der Waals surface area contributed by atoms with Crippen molar-refractivity contribution in [3.05, 3.63) is 67.3 Å². The van der Waals surface area contributed by atoms with Crippen molar-refractivity contribution in [1.29, 1.82) is 0 Å². The van der Waals surface area contributed by atoms with Gasteiger partial charge in [-0.25, -0.2) is 4.98 Å². The lowest BCUT2D eigenvalue weighted by Gasteiger charge is -2.04. The van der Waals surface area contributed by atoms with Gasteiger partial charge in [0.2, 0.25) is 0 Å². The van der Waals surface area contributed by atoms with E-state index < -0.39 is 0 Å². The third kappa shape index (κ3) is 1.70. The second kappa shape index (κ2) is 4.35. The van der Waals surface area contributed by atoms with Crippen LogP contribution in [0.5, 0.6) is 0 Å². The van der Waals surface area contributed by atoms with Crippen molar-refractivity contribution in [2.24, 2.45) is 0 Å². The second-order valence-corrected chi connectivity index (χ2v) is 4.64. The van der Waals surface area contributed by atoms with Gasteiger partial charge in [0.15, 0.2) is 0 Å². The first-order valence-electron chi connectivity index (χ1n) is 6.43. The predicted molar refractivity (Wildman–Crippen MR) is 78.7 cm³/mol. The molecule has 0 atom stereocenters. The highest BCUT2D eigenvalue weighted by Crippen LogP contribution is 2.24. The smallest absolute Gasteiger partial charge is 0.100 e. The lowest BCUT2D eigenvalue weighted by molar-refractivity contribution is 1.09. The first-order valence-corrected chi connectivity index (χ1v) is 6.43. The summed E-state index contributed by atoms with van der Waals surface area (Å²) < 4.78 is 2.10. The minimum atomic E-state index is 0.987. The number of hydrogen-bond acceptors (Lipinski definition) is 2. The highest BCUT2D eigenvalue weighted by molar-refractivity contribution is 5.83. The Morgan fingerprint density at radius 2 is 1.85 bits per heavy atom. The number of para-hydroxylation sites is 1. The van der Waals surface area contributed by atoms with Gasteiger partial charge in [0, 0.05) is 17.4 Å². The summed E-state index contributed by atoms with van der Waals surface area (Å²) in [6.45, 7) is 0. The maximum atomic E-state index is 4.46. The Morgan fingerprint density at radius 3 is 2.65 bits per heavy atom. The van der Waals surface area contributed by atoms with Crippen LogP contribution in [0.15, 0.2) is 67.3 Å². The fourth-order valence-corrected chi connectivity index (χ4v) is 2.39. The Kier molecular flexibility index (Phi) is 2.39. The molecule has 0 unspecified atom stereocenters. The molecule has 2 aromatic carbocycles. The van der Waals surface area contributed by atoms with E-state index in [0.717, 1.165) is 27.8 Å². The molecule has 0 bridgehead atoms. The van der Waals surface area contributed by atoms with Crippen molar-refractivity contribution in [3.63, 3.8) is 0 Å². The van der Waals surface area contributed by atoms with Crippen LogP contribution >= 0.6 is 0 Å². The molecule has 96 valence electrons. The van der Waals surface area contributed by atoms with Crippen molar-refractivity contribution >= 4 is 11.0 Å². The zero-order valence-electron chi connectivity index (χ0n) is 10.7. The van der Waals surface area contributed by atoms with Gasteiger partial charge in [-0.2, -0.15) is 5.10 Å². The van der Waals surface area contributed by atoms with E-state index in [1.54, 1.807) is 0 Å². The van der Waals surface area contributed by atoms with E-state index in [1.165, 1.54) is 0 Å². The number of benzene rings is 2. The summed E-state index contributed by atoms with van der Waals surface area (Å²) >= 11 is 0. The van der Waals surface area contributed by atoms with Gasteiger partial charge in [-0.05, 0) is 29.8 Å². The van der Waals surface area contributed by atoms with Gasteiger partial charge in [0.25, 0.3) is 0 Å². The molecular formula is C16H12N4. The van der Waals surface area contributed by atoms with E-state index in [2.05, 4.69) is 44.0 Å². The molecule has 4 nitrogen and oxygen atoms in total. The van der Waals surface area contributed by atoms with Crippen LogP contribution in [0.25, 0.3) is 27.8 Å². The molecule has 0 aliphatic rings. The molecular weight excluding hydrogens is 248 g/mol. The van der Waals surface area contributed by atoms with Crippen LogP contribution in [0.2, 0.25) is 0 Å². The quantitative estimate of drug-likeness (QED) is 0.600. The van der Waals surface area contributed by atoms with E-state index >= 15 is 0 Å². The van der Waals surface area contributed by atoms with Crippen molar-refractivity contribution < 1.29 is 0 Å². The number of nitrogens with one attached hydrogen (secondary N) is 1. The maximum absolute atomic E-state index is 4.46. The molecule has 0 spiro atoms. The SMILES string of the molecule is c1ccc(-n2cnc3ccc(-c4cn[nH]c4)cc32)cc1. The molecule has 2 aromatic heterocycles. The number of aromatic amines is 1. The van der Waals surface area contributed by atoms with Crippen LogP contribution in [0.3, 0.4) is 0 Å². The predicted octanol–water partition coefficient (Wildman–Crippen LogP) is 3.42. The van der Waals surface area contributed by atoms with Crippen molar-refractivity contribution in [3.8, 4) is 16.8 Å². The normalized spacial score (nSPS) is 11.0. The number of imidazole rings is 1. The first-order chi connectivity index (χ1) is 9.92. The van der Waals surface area contributed by atoms with Gasteiger partial charge in [-0.15, -0.1) is 0 Å². The van der Waals surface area contributed by atoms with E-state index in [1.807, 2.05) is 43.0 Å². The number of rotatable bonds is 2. The third-order valence-corrected chi connectivity index (χ3v) is 3.41. The summed E-state index contributed by atoms with van der Waals surface area (Å²) in [5, 5.41) is 6.84. The summed E-state index contributed by atoms with van der Waals surface area (Å²) in [5.74, 6) is 0. The van der Waals surface area contributed by atoms with Gasteiger partial charge in [0.05, 0.1) is 17.2 Å². The molecule has 0 fully saturated rings. The minimum Gasteiger partial charge on any atom is -0.299 e. The Morgan fingerprint density at radius 1 is 0.950 bits per heavy atom. The molecule has 4 heteroatoms. The van der Waals surface area contributed by atoms with E-state index in [4.69, 9.17) is 0 Å². The van der Waals surface area contributed by atoms with E-state index in [-0.39, 0.29) is 0 Å². The Hall–Kier alpha value is -2.88. The summed E-state index contributed by atoms with van der Waals surface area (Å²) in [7, 11) is 0. The number of nitrogens with zero attached hydrogens (tertiary/aromatic N) is 3. The van der Waals surface area contributed by atoms with Crippen LogP contribution < -0.4 is 0 Å². The molecule has 2 heterocycles. The zero-order chi connectivity index (χ0) is 13.4. The average molecular weight is 260 g/mol. The molecule has 1 N–H and O–H groups in total. The van der Waals surface area contributed by atoms with Crippen LogP contribution in [0, 0.1) is 0 Å². The topological polar surface area (TPSA) is 46.5 Å². The van der Waals surface area contributed by atoms with Crippen molar-refractivity contribution in [2.75, 3.05) is 0 Å². The number of aromatic nitrogens is 4. The van der Waals surface area contributed by atoms with Gasteiger partial charge in [-0.1, -0.05) is 24.3 Å². The van der Waals surface area contributed by atoms with Crippen LogP contribution in [-0.2, 0) is 0 Å². The number of hydrogen-bond donors (Lipinski definition) is 1. The minimum absolute atomic E-state index is 0.987. The molecule has 0 radical (unpaired) electrons. The second-order valence-electron chi connectivity index (χ2n) is 4.64. The van der Waals surface area contributed by atoms with E-state index in [9.17, 15) is 0 Å². The lowest BCUT2D eigenvalue weighted by atomic mass is 10.1. The summed E-state index contributed by atoms with van der Waals surface area (Å²) in [5.41, 5.74) is 5.40. The molecule has 0 aliphatic heterocycles. The Bertz CT molecular complexity index is 845. The monoisotopic (exact) mass is 260 g/mol. The number of H-pyrrole nitrogens is 1. The zero-order valence-corrected chi connectivity index (χ0v) is 10.7. The van der Waals surface area contributed by atoms with Gasteiger partial charge in [0.1, 0.15) is 6.33 Å². The summed E-state index contributed by atoms with van der Waals surface area (Å²) in [6, 6.07) is 16.5. The lowest BCUT2D eigenvalue weighted by Crippen LogP contribution is -1.91. The largest absolute Gasteiger partial charge is 0.299 e. The summed E-state index contributed by atoms with van der Waals surface area (Å²) in [6.07, 6.45) is 5.58. The first kappa shape index (κ1) is 11.0. The van der Waals surface area contributed by atoms with Gasteiger partial charge in [-0.3, -0.25) is 9.67 Å². The fraction of sp³-hybridized carbons (Fsp3) is 0. The summed E-state index contributed by atoms with van der Waals surface area (Å²) in [4.78, 5) is 4.46. The molecule has 0 amide bonds. The van der Waals surface area contributed by atoms with Gasteiger partial charge >= 0.3 is 0 Å². The van der Waals surface area contributed by atoms with E-state index in [0.29, 0.717) is 0 Å². The molecule has 0 saturated carbocycles. The fourth-order valence-electron chi connectivity index (χ4n) is 2.39. The average Bonchev–Trinajstić information content (AvgIpc) is 3.17. The van der Waals surface area contributed by atoms with Crippen LogP contribution in [0.4, 0.5) is 0 Å². The van der Waals surface area contributed by atoms with Crippen LogP contribution in [-0.4, -0.2) is 19.7 Å². The standard InChI is InChI=1S/C16H12N4/c1-2-4-14(5-3-1)20-11-17-15-7-6-12(8-16(15)20)13-9-18-19-10-13/h1-11H,(H,18,19). The van der Waals surface area contributed by atoms with Crippen molar-refractivity contribution in [1.82, 2.24) is 19.7 Å². The Balaban J connectivity index is 1.93. The van der Waals surface area contributed by atoms with Crippen molar-refractivity contribution in [2.45, 2.75) is 0 Å². The molecule has 0 saturated heterocycles. The Labute approximate surface area is 115 Å². The van der Waals surface area contributed by atoms with Crippen LogP contribution in [0.1, 0.15) is 0 Å². The molecule has 0 aliphatic carbocycles. The number of fused-ring (bicyclic) bond motifs is 1. The third-order valence-electron chi connectivity index (χ3n) is 3.41.